The maximum Gasteiger partial charge on any atom is 0.217 e. The second-order valence-electron chi connectivity index (χ2n) is 8.76. The number of unbranched alkanes of at least 4 members (excludes halogenated alkanes) is 10. The summed E-state index contributed by atoms with van der Waals surface area (Å²) in [5.74, 6) is 0.0666. The van der Waals surface area contributed by atoms with E-state index in [0.29, 0.717) is 6.17 Å². The lowest BCUT2D eigenvalue weighted by atomic mass is 10.1. The van der Waals surface area contributed by atoms with Gasteiger partial charge in [0.1, 0.15) is 6.54 Å². The molecule has 29 heavy (non-hydrogen) atoms. The first kappa shape index (κ1) is 25.9. The van der Waals surface area contributed by atoms with Crippen LogP contribution in [0.25, 0.3) is 0 Å². The summed E-state index contributed by atoms with van der Waals surface area (Å²) in [5, 5.41) is 2.96. The Bertz CT molecular complexity index is 475. The Balaban J connectivity index is 2.05. The zero-order valence-electron chi connectivity index (χ0n) is 19.6. The second-order valence-corrected chi connectivity index (χ2v) is 8.76. The summed E-state index contributed by atoms with van der Waals surface area (Å²) in [4.78, 5) is 15.9. The topological polar surface area (TPSA) is 41.5 Å². The molecule has 1 N–H and O–H groups in total. The minimum atomic E-state index is 0.0666. The number of amides is 1. The van der Waals surface area contributed by atoms with Crippen molar-refractivity contribution in [3.05, 3.63) is 12.2 Å². The smallest absolute Gasteiger partial charge is 0.217 e. The van der Waals surface area contributed by atoms with E-state index in [1.807, 2.05) is 0 Å². The lowest BCUT2D eigenvalue weighted by Crippen LogP contribution is -2.55. The van der Waals surface area contributed by atoms with Crippen molar-refractivity contribution in [3.8, 4) is 0 Å². The van der Waals surface area contributed by atoms with E-state index < -0.39 is 0 Å². The van der Waals surface area contributed by atoms with Crippen LogP contribution < -0.4 is 5.32 Å². The fraction of sp³-hybridized carbons (Fsp3) is 0.840. The summed E-state index contributed by atoms with van der Waals surface area (Å²) in [5.41, 5.74) is 0. The number of hydrogen-bond donors (Lipinski definition) is 1. The zero-order valence-corrected chi connectivity index (χ0v) is 19.6. The van der Waals surface area contributed by atoms with Crippen LogP contribution in [0.3, 0.4) is 0 Å². The number of nitrogens with zero attached hydrogens (tertiary/aromatic N) is 2. The van der Waals surface area contributed by atoms with E-state index in [4.69, 9.17) is 4.99 Å². The Morgan fingerprint density at radius 2 is 1.62 bits per heavy atom. The van der Waals surface area contributed by atoms with Gasteiger partial charge in [-0.25, -0.2) is 4.99 Å². The molecule has 0 aromatic heterocycles. The third-order valence-corrected chi connectivity index (χ3v) is 6.39. The molecule has 4 heteroatoms. The van der Waals surface area contributed by atoms with Crippen LogP contribution in [0.15, 0.2) is 17.1 Å². The molecule has 0 bridgehead atoms. The first-order valence-corrected chi connectivity index (χ1v) is 12.4. The molecule has 1 heterocycles. The van der Waals surface area contributed by atoms with Crippen LogP contribution in [0.2, 0.25) is 0 Å². The van der Waals surface area contributed by atoms with Gasteiger partial charge in [0, 0.05) is 13.3 Å². The highest BCUT2D eigenvalue weighted by atomic mass is 16.1. The van der Waals surface area contributed by atoms with Crippen molar-refractivity contribution in [1.29, 1.82) is 0 Å². The lowest BCUT2D eigenvalue weighted by molar-refractivity contribution is -0.935. The summed E-state index contributed by atoms with van der Waals surface area (Å²) in [6, 6.07) is 0. The van der Waals surface area contributed by atoms with Crippen molar-refractivity contribution in [1.82, 2.24) is 5.32 Å². The first-order valence-electron chi connectivity index (χ1n) is 12.4. The standard InChI is InChI=1S/C25H47N3O/c1-4-6-7-8-9-10-11-12-13-14-15-16-17-18-19-25-27-21-23-28(25,5-2)22-20-26-24(3)29/h12-13,21,25H,4-11,14-20,22-23H2,1-3H3/p+1/b13-12+. The van der Waals surface area contributed by atoms with Crippen LogP contribution in [0.1, 0.15) is 104 Å². The quantitative estimate of drug-likeness (QED) is 0.169. The molecule has 0 radical (unpaired) electrons. The van der Waals surface area contributed by atoms with E-state index >= 15 is 0 Å². The van der Waals surface area contributed by atoms with Crippen molar-refractivity contribution >= 4 is 12.1 Å². The number of nitrogens with one attached hydrogen (secondary N) is 1. The Morgan fingerprint density at radius 1 is 1.00 bits per heavy atom. The third kappa shape index (κ3) is 11.6. The first-order chi connectivity index (χ1) is 14.1. The zero-order chi connectivity index (χ0) is 21.2. The largest absolute Gasteiger partial charge is 0.351 e. The molecule has 0 spiro atoms. The van der Waals surface area contributed by atoms with Crippen LogP contribution in [-0.2, 0) is 4.79 Å². The summed E-state index contributed by atoms with van der Waals surface area (Å²) < 4.78 is 1.02. The molecule has 1 aliphatic heterocycles. The van der Waals surface area contributed by atoms with Gasteiger partial charge < -0.3 is 5.32 Å². The molecule has 0 saturated carbocycles. The van der Waals surface area contributed by atoms with Crippen molar-refractivity contribution in [3.63, 3.8) is 0 Å². The molecule has 2 unspecified atom stereocenters. The molecule has 0 aliphatic carbocycles. The summed E-state index contributed by atoms with van der Waals surface area (Å²) in [6.07, 6.45) is 24.5. The molecule has 0 fully saturated rings. The average Bonchev–Trinajstić information content (AvgIpc) is 3.11. The SMILES string of the molecule is CCCCCCCC/C=C/CCCCCCC1N=CC[N+]1(CC)CCNC(C)=O. The normalized spacial score (nSPS) is 21.3. The van der Waals surface area contributed by atoms with Crippen molar-refractivity contribution in [2.45, 2.75) is 110 Å². The van der Waals surface area contributed by atoms with Crippen molar-refractivity contribution in [2.75, 3.05) is 26.2 Å². The van der Waals surface area contributed by atoms with Gasteiger partial charge in [0.05, 0.1) is 25.8 Å². The number of hydrogen-bond acceptors (Lipinski definition) is 2. The van der Waals surface area contributed by atoms with Gasteiger partial charge in [-0.1, -0.05) is 64.0 Å². The van der Waals surface area contributed by atoms with Gasteiger partial charge in [-0.15, -0.1) is 0 Å². The Morgan fingerprint density at radius 3 is 2.24 bits per heavy atom. The molecule has 1 aliphatic rings. The van der Waals surface area contributed by atoms with E-state index in [0.717, 1.165) is 30.7 Å². The van der Waals surface area contributed by atoms with Crippen LogP contribution >= 0.6 is 0 Å². The third-order valence-electron chi connectivity index (χ3n) is 6.39. The molecular formula is C25H48N3O+. The van der Waals surface area contributed by atoms with Crippen LogP contribution in [0.5, 0.6) is 0 Å². The predicted octanol–water partition coefficient (Wildman–Crippen LogP) is 6.02. The van der Waals surface area contributed by atoms with Gasteiger partial charge in [0.2, 0.25) is 5.91 Å². The maximum absolute atomic E-state index is 11.2. The fourth-order valence-electron chi connectivity index (χ4n) is 4.36. The second kappa shape index (κ2) is 16.6. The minimum Gasteiger partial charge on any atom is -0.351 e. The molecule has 0 aromatic carbocycles. The van der Waals surface area contributed by atoms with E-state index in [-0.39, 0.29) is 5.91 Å². The van der Waals surface area contributed by atoms with Crippen LogP contribution in [-0.4, -0.2) is 48.9 Å². The molecule has 1 rings (SSSR count). The maximum atomic E-state index is 11.2. The number of quaternary nitrogens is 1. The van der Waals surface area contributed by atoms with Crippen LogP contribution in [0.4, 0.5) is 0 Å². The fourth-order valence-corrected chi connectivity index (χ4v) is 4.36. The summed E-state index contributed by atoms with van der Waals surface area (Å²) >= 11 is 0. The Labute approximate surface area is 180 Å². The summed E-state index contributed by atoms with van der Waals surface area (Å²) in [6.45, 7) is 9.99. The lowest BCUT2D eigenvalue weighted by Gasteiger charge is -2.38. The average molecular weight is 407 g/mol. The molecule has 168 valence electrons. The highest BCUT2D eigenvalue weighted by Crippen LogP contribution is 2.24. The Kier molecular flexibility index (Phi) is 14.8. The highest BCUT2D eigenvalue weighted by molar-refractivity contribution is 5.72. The van der Waals surface area contributed by atoms with Gasteiger partial charge in [-0.3, -0.25) is 9.28 Å². The summed E-state index contributed by atoms with van der Waals surface area (Å²) in [7, 11) is 0. The number of carbonyl (C=O) groups is 1. The monoisotopic (exact) mass is 406 g/mol. The molecule has 0 aromatic rings. The van der Waals surface area contributed by atoms with Crippen molar-refractivity contribution < 1.29 is 9.28 Å². The predicted molar refractivity (Wildman–Crippen MR) is 126 cm³/mol. The van der Waals surface area contributed by atoms with E-state index in [9.17, 15) is 4.79 Å². The Hall–Kier alpha value is -1.16. The van der Waals surface area contributed by atoms with E-state index in [1.54, 1.807) is 6.92 Å². The van der Waals surface area contributed by atoms with Crippen LogP contribution in [0, 0.1) is 0 Å². The molecular weight excluding hydrogens is 358 g/mol. The van der Waals surface area contributed by atoms with Gasteiger partial charge >= 0.3 is 0 Å². The number of rotatable bonds is 18. The van der Waals surface area contributed by atoms with E-state index in [2.05, 4.69) is 37.5 Å². The van der Waals surface area contributed by atoms with E-state index in [1.165, 1.54) is 83.5 Å². The molecule has 4 nitrogen and oxygen atoms in total. The number of carbonyl (C=O) groups excluding carboxylic acids is 1. The highest BCUT2D eigenvalue weighted by Gasteiger charge is 2.37. The van der Waals surface area contributed by atoms with Gasteiger partial charge in [-0.2, -0.15) is 0 Å². The number of allylic oxidation sites excluding steroid dienone is 2. The number of aliphatic imine (C=N–C) groups is 1. The van der Waals surface area contributed by atoms with Gasteiger partial charge in [0.25, 0.3) is 0 Å². The number of likely N-dealkylation sites (N-methyl/N-ethyl adjacent to an activating group) is 1. The molecule has 1 amide bonds. The minimum absolute atomic E-state index is 0.0666. The van der Waals surface area contributed by atoms with Gasteiger partial charge in [0.15, 0.2) is 6.17 Å². The molecule has 0 saturated heterocycles. The molecule has 2 atom stereocenters. The van der Waals surface area contributed by atoms with Crippen molar-refractivity contribution in [2.24, 2.45) is 4.99 Å². The van der Waals surface area contributed by atoms with Gasteiger partial charge in [-0.05, 0) is 39.0 Å².